The van der Waals surface area contributed by atoms with Gasteiger partial charge in [-0.1, -0.05) is 61.5 Å². The minimum Gasteiger partial charge on any atom is -0.489 e. The van der Waals surface area contributed by atoms with Crippen molar-refractivity contribution in [1.29, 1.82) is 0 Å². The monoisotopic (exact) mass is 435 g/mol. The summed E-state index contributed by atoms with van der Waals surface area (Å²) in [5.74, 6) is 1.54. The smallest absolute Gasteiger partial charge is 0.224 e. The molecule has 32 heavy (non-hydrogen) atoms. The van der Waals surface area contributed by atoms with Crippen LogP contribution in [-0.2, 0) is 17.8 Å². The Hall–Kier alpha value is -3.12. The number of carbonyl (C=O) groups excluding carboxylic acids is 1. The van der Waals surface area contributed by atoms with E-state index in [4.69, 9.17) is 9.26 Å². The Kier molecular flexibility index (Phi) is 8.45. The van der Waals surface area contributed by atoms with E-state index in [0.717, 1.165) is 41.4 Å². The van der Waals surface area contributed by atoms with E-state index in [1.165, 1.54) is 5.56 Å². The molecule has 0 fully saturated rings. The molecule has 0 aliphatic carbocycles. The number of carbonyl (C=O) groups is 1. The van der Waals surface area contributed by atoms with Gasteiger partial charge in [-0.3, -0.25) is 9.69 Å². The fraction of sp³-hybridized carbons (Fsp3) is 0.385. The zero-order chi connectivity index (χ0) is 22.9. The Morgan fingerprint density at radius 2 is 1.75 bits per heavy atom. The van der Waals surface area contributed by atoms with Gasteiger partial charge in [0.15, 0.2) is 0 Å². The Morgan fingerprint density at radius 1 is 1.06 bits per heavy atom. The second-order valence-electron chi connectivity index (χ2n) is 7.86. The molecule has 0 unspecified atom stereocenters. The minimum atomic E-state index is 0.0162. The molecule has 1 aromatic heterocycles. The van der Waals surface area contributed by atoms with Gasteiger partial charge in [0.2, 0.25) is 5.91 Å². The molecule has 0 radical (unpaired) electrons. The highest BCUT2D eigenvalue weighted by Gasteiger charge is 2.18. The molecule has 0 saturated heterocycles. The number of aryl methyl sites for hydroxylation is 2. The van der Waals surface area contributed by atoms with Crippen molar-refractivity contribution in [3.63, 3.8) is 0 Å². The zero-order valence-corrected chi connectivity index (χ0v) is 19.4. The van der Waals surface area contributed by atoms with Crippen molar-refractivity contribution < 1.29 is 14.1 Å². The lowest BCUT2D eigenvalue weighted by Gasteiger charge is -2.30. The fourth-order valence-electron chi connectivity index (χ4n) is 3.82. The van der Waals surface area contributed by atoms with Crippen LogP contribution < -0.4 is 10.1 Å². The van der Waals surface area contributed by atoms with Gasteiger partial charge in [0.1, 0.15) is 18.1 Å². The number of nitrogens with one attached hydrogen (secondary N) is 1. The highest BCUT2D eigenvalue weighted by molar-refractivity contribution is 5.78. The van der Waals surface area contributed by atoms with Gasteiger partial charge in [0, 0.05) is 6.54 Å². The van der Waals surface area contributed by atoms with Crippen LogP contribution >= 0.6 is 0 Å². The maximum Gasteiger partial charge on any atom is 0.224 e. The van der Waals surface area contributed by atoms with E-state index in [0.29, 0.717) is 19.6 Å². The minimum absolute atomic E-state index is 0.0162. The number of hydrogen-bond acceptors (Lipinski definition) is 5. The predicted octanol–water partition coefficient (Wildman–Crippen LogP) is 4.61. The summed E-state index contributed by atoms with van der Waals surface area (Å²) in [5.41, 5.74) is 3.98. The van der Waals surface area contributed by atoms with Crippen LogP contribution in [0.15, 0.2) is 59.1 Å². The molecule has 2 aromatic carbocycles. The van der Waals surface area contributed by atoms with Gasteiger partial charge in [-0.15, -0.1) is 0 Å². The van der Waals surface area contributed by atoms with E-state index in [1.807, 2.05) is 56.3 Å². The molecule has 1 atom stereocenters. The van der Waals surface area contributed by atoms with Crippen LogP contribution in [0.2, 0.25) is 0 Å². The number of amides is 1. The van der Waals surface area contributed by atoms with E-state index < -0.39 is 0 Å². The van der Waals surface area contributed by atoms with Gasteiger partial charge in [-0.25, -0.2) is 0 Å². The van der Waals surface area contributed by atoms with Gasteiger partial charge >= 0.3 is 0 Å². The summed E-state index contributed by atoms with van der Waals surface area (Å²) in [6.07, 6.45) is 0.337. The molecular weight excluding hydrogens is 402 g/mol. The molecule has 3 aromatic rings. The van der Waals surface area contributed by atoms with Gasteiger partial charge in [0.25, 0.3) is 0 Å². The summed E-state index contributed by atoms with van der Waals surface area (Å²) in [7, 11) is 0. The summed E-state index contributed by atoms with van der Waals surface area (Å²) in [6, 6.07) is 18.2. The number of likely N-dealkylation sites (N-methyl/N-ethyl adjacent to an activating group) is 1. The molecule has 6 heteroatoms. The molecule has 0 bridgehead atoms. The fourth-order valence-corrected chi connectivity index (χ4v) is 3.82. The van der Waals surface area contributed by atoms with Crippen molar-refractivity contribution in [1.82, 2.24) is 15.4 Å². The van der Waals surface area contributed by atoms with Crippen LogP contribution in [0.3, 0.4) is 0 Å². The maximum atomic E-state index is 12.6. The standard InChI is InChI=1S/C26H33N3O3/c1-5-29(6-2)25(22-10-8-7-9-11-22)17-27-26(30)16-21-12-14-23(15-13-21)31-18-24-19(3)28-32-20(24)4/h7-15,25H,5-6,16-18H2,1-4H3,(H,27,30)/t25-/m0/s1. The molecule has 1 heterocycles. The molecule has 0 aliphatic heterocycles. The highest BCUT2D eigenvalue weighted by Crippen LogP contribution is 2.20. The molecule has 1 N–H and O–H groups in total. The molecule has 0 saturated carbocycles. The molecule has 1 amide bonds. The number of benzene rings is 2. The SMILES string of the molecule is CCN(CC)[C@@H](CNC(=O)Cc1ccc(OCc2c(C)noc2C)cc1)c1ccccc1. The molecule has 0 spiro atoms. The third kappa shape index (κ3) is 6.20. The number of nitrogens with zero attached hydrogens (tertiary/aromatic N) is 2. The molecular formula is C26H33N3O3. The second kappa shape index (κ2) is 11.5. The Labute approximate surface area is 190 Å². The van der Waals surface area contributed by atoms with E-state index in [9.17, 15) is 4.79 Å². The van der Waals surface area contributed by atoms with Crippen molar-refractivity contribution in [3.05, 3.63) is 82.7 Å². The van der Waals surface area contributed by atoms with Crippen LogP contribution in [0.4, 0.5) is 0 Å². The van der Waals surface area contributed by atoms with E-state index >= 15 is 0 Å². The van der Waals surface area contributed by atoms with Crippen LogP contribution in [0.5, 0.6) is 5.75 Å². The lowest BCUT2D eigenvalue weighted by molar-refractivity contribution is -0.120. The van der Waals surface area contributed by atoms with E-state index in [1.54, 1.807) is 0 Å². The predicted molar refractivity (Wildman–Crippen MR) is 126 cm³/mol. The van der Waals surface area contributed by atoms with Crippen molar-refractivity contribution in [2.75, 3.05) is 19.6 Å². The second-order valence-corrected chi connectivity index (χ2v) is 7.86. The van der Waals surface area contributed by atoms with Crippen molar-refractivity contribution in [3.8, 4) is 5.75 Å². The Bertz CT molecular complexity index is 960. The molecule has 0 aliphatic rings. The first-order valence-corrected chi connectivity index (χ1v) is 11.2. The van der Waals surface area contributed by atoms with E-state index in [2.05, 4.69) is 41.4 Å². The molecule has 170 valence electrons. The number of hydrogen-bond donors (Lipinski definition) is 1. The largest absolute Gasteiger partial charge is 0.489 e. The van der Waals surface area contributed by atoms with Crippen LogP contribution in [-0.4, -0.2) is 35.6 Å². The highest BCUT2D eigenvalue weighted by atomic mass is 16.5. The average Bonchev–Trinajstić information content (AvgIpc) is 3.14. The summed E-state index contributed by atoms with van der Waals surface area (Å²) < 4.78 is 11.0. The summed E-state index contributed by atoms with van der Waals surface area (Å²) >= 11 is 0. The number of ether oxygens (including phenoxy) is 1. The van der Waals surface area contributed by atoms with Crippen LogP contribution in [0.1, 0.15) is 48.0 Å². The van der Waals surface area contributed by atoms with Gasteiger partial charge in [0.05, 0.1) is 23.7 Å². The average molecular weight is 436 g/mol. The van der Waals surface area contributed by atoms with Crippen molar-refractivity contribution in [2.24, 2.45) is 0 Å². The van der Waals surface area contributed by atoms with Gasteiger partial charge < -0.3 is 14.6 Å². The third-order valence-corrected chi connectivity index (χ3v) is 5.78. The number of rotatable bonds is 11. The first kappa shape index (κ1) is 23.5. The molecule has 6 nitrogen and oxygen atoms in total. The normalized spacial score (nSPS) is 12.0. The maximum absolute atomic E-state index is 12.6. The summed E-state index contributed by atoms with van der Waals surface area (Å²) in [4.78, 5) is 15.0. The summed E-state index contributed by atoms with van der Waals surface area (Å²) in [6.45, 7) is 10.9. The van der Waals surface area contributed by atoms with Gasteiger partial charge in [-0.2, -0.15) is 0 Å². The Balaban J connectivity index is 1.53. The topological polar surface area (TPSA) is 67.6 Å². The van der Waals surface area contributed by atoms with E-state index in [-0.39, 0.29) is 11.9 Å². The first-order valence-electron chi connectivity index (χ1n) is 11.2. The van der Waals surface area contributed by atoms with Crippen LogP contribution in [0, 0.1) is 13.8 Å². The van der Waals surface area contributed by atoms with Crippen LogP contribution in [0.25, 0.3) is 0 Å². The lowest BCUT2D eigenvalue weighted by Crippen LogP contribution is -2.38. The Morgan fingerprint density at radius 3 is 2.34 bits per heavy atom. The first-order chi connectivity index (χ1) is 15.5. The quantitative estimate of drug-likeness (QED) is 0.476. The molecule has 3 rings (SSSR count). The number of aromatic nitrogens is 1. The summed E-state index contributed by atoms with van der Waals surface area (Å²) in [5, 5.41) is 7.06. The lowest BCUT2D eigenvalue weighted by atomic mass is 10.0. The zero-order valence-electron chi connectivity index (χ0n) is 19.4. The third-order valence-electron chi connectivity index (χ3n) is 5.78. The van der Waals surface area contributed by atoms with Crippen molar-refractivity contribution >= 4 is 5.91 Å². The van der Waals surface area contributed by atoms with Crippen molar-refractivity contribution in [2.45, 2.75) is 46.8 Å². The van der Waals surface area contributed by atoms with Gasteiger partial charge in [-0.05, 0) is 50.2 Å².